The number of rotatable bonds is 6. The van der Waals surface area contributed by atoms with Gasteiger partial charge in [-0.25, -0.2) is 13.1 Å². The second kappa shape index (κ2) is 8.12. The predicted molar refractivity (Wildman–Crippen MR) is 113 cm³/mol. The van der Waals surface area contributed by atoms with Gasteiger partial charge in [-0.05, 0) is 49.2 Å². The van der Waals surface area contributed by atoms with Gasteiger partial charge in [-0.2, -0.15) is 0 Å². The Bertz CT molecular complexity index is 1060. The van der Waals surface area contributed by atoms with Crippen LogP contribution < -0.4 is 19.5 Å². The van der Waals surface area contributed by atoms with Crippen molar-refractivity contribution in [1.29, 1.82) is 0 Å². The summed E-state index contributed by atoms with van der Waals surface area (Å²) in [6, 6.07) is 11.1. The molecule has 30 heavy (non-hydrogen) atoms. The standard InChI is InChI=1S/C22H24N2O5S/c1-2-14-23-30(26,27)18-9-6-16(7-10-18)21(25)24-17-8-11-19-20(15-17)29-22(28-19)12-4-3-5-13-22/h2,6-11,15,23H,1,3-5,12-14H2,(H,24,25). The Morgan fingerprint density at radius 1 is 1.03 bits per heavy atom. The van der Waals surface area contributed by atoms with E-state index in [1.54, 1.807) is 18.2 Å². The summed E-state index contributed by atoms with van der Waals surface area (Å²) in [6.07, 6.45) is 6.52. The highest BCUT2D eigenvalue weighted by molar-refractivity contribution is 7.89. The minimum absolute atomic E-state index is 0.0850. The molecule has 7 nitrogen and oxygen atoms in total. The van der Waals surface area contributed by atoms with Gasteiger partial charge in [0.2, 0.25) is 10.0 Å². The number of hydrogen-bond acceptors (Lipinski definition) is 5. The van der Waals surface area contributed by atoms with Gasteiger partial charge in [0.25, 0.3) is 11.7 Å². The molecule has 0 aromatic heterocycles. The van der Waals surface area contributed by atoms with Crippen LogP contribution in [-0.4, -0.2) is 26.7 Å². The zero-order chi connectivity index (χ0) is 21.2. The van der Waals surface area contributed by atoms with Crippen molar-refractivity contribution >= 4 is 21.6 Å². The lowest BCUT2D eigenvalue weighted by Crippen LogP contribution is -2.40. The predicted octanol–water partition coefficient (Wildman–Crippen LogP) is 3.83. The Labute approximate surface area is 176 Å². The van der Waals surface area contributed by atoms with Crippen LogP contribution in [-0.2, 0) is 10.0 Å². The van der Waals surface area contributed by atoms with Crippen molar-refractivity contribution in [2.75, 3.05) is 11.9 Å². The fourth-order valence-electron chi connectivity index (χ4n) is 3.71. The number of amides is 1. The van der Waals surface area contributed by atoms with Crippen molar-refractivity contribution in [3.8, 4) is 11.5 Å². The molecule has 1 aliphatic carbocycles. The van der Waals surface area contributed by atoms with Gasteiger partial charge in [-0.15, -0.1) is 6.58 Å². The average Bonchev–Trinajstić information content (AvgIpc) is 3.09. The van der Waals surface area contributed by atoms with E-state index >= 15 is 0 Å². The Morgan fingerprint density at radius 2 is 1.73 bits per heavy atom. The molecule has 2 aromatic rings. The van der Waals surface area contributed by atoms with E-state index in [1.807, 2.05) is 0 Å². The molecule has 2 aromatic carbocycles. The molecule has 1 fully saturated rings. The Balaban J connectivity index is 1.44. The van der Waals surface area contributed by atoms with E-state index in [4.69, 9.17) is 9.47 Å². The summed E-state index contributed by atoms with van der Waals surface area (Å²) in [5, 5.41) is 2.82. The molecule has 158 valence electrons. The summed E-state index contributed by atoms with van der Waals surface area (Å²) < 4.78 is 38.8. The monoisotopic (exact) mass is 428 g/mol. The van der Waals surface area contributed by atoms with E-state index in [9.17, 15) is 13.2 Å². The van der Waals surface area contributed by atoms with E-state index < -0.39 is 15.8 Å². The van der Waals surface area contributed by atoms with Crippen LogP contribution in [0.4, 0.5) is 5.69 Å². The number of carbonyl (C=O) groups is 1. The van der Waals surface area contributed by atoms with Crippen LogP contribution in [0.1, 0.15) is 42.5 Å². The number of carbonyl (C=O) groups excluding carboxylic acids is 1. The molecular weight excluding hydrogens is 404 g/mol. The zero-order valence-electron chi connectivity index (χ0n) is 16.5. The fraction of sp³-hybridized carbons (Fsp3) is 0.318. The maximum atomic E-state index is 12.6. The third-order valence-corrected chi connectivity index (χ3v) is 6.69. The zero-order valence-corrected chi connectivity index (χ0v) is 17.3. The van der Waals surface area contributed by atoms with Crippen LogP contribution in [0.3, 0.4) is 0 Å². The highest BCUT2D eigenvalue weighted by Crippen LogP contribution is 2.46. The van der Waals surface area contributed by atoms with Crippen molar-refractivity contribution in [2.45, 2.75) is 42.8 Å². The summed E-state index contributed by atoms with van der Waals surface area (Å²) in [6.45, 7) is 3.62. The van der Waals surface area contributed by atoms with Crippen LogP contribution in [0.25, 0.3) is 0 Å². The first kappa shape index (κ1) is 20.4. The van der Waals surface area contributed by atoms with Gasteiger partial charge in [-0.1, -0.05) is 12.5 Å². The van der Waals surface area contributed by atoms with Gasteiger partial charge in [0.05, 0.1) is 4.90 Å². The topological polar surface area (TPSA) is 93.7 Å². The van der Waals surface area contributed by atoms with E-state index in [-0.39, 0.29) is 17.3 Å². The van der Waals surface area contributed by atoms with E-state index in [0.29, 0.717) is 22.7 Å². The van der Waals surface area contributed by atoms with Crippen LogP contribution in [0.5, 0.6) is 11.5 Å². The number of hydrogen-bond donors (Lipinski definition) is 2. The summed E-state index contributed by atoms with van der Waals surface area (Å²) in [7, 11) is -3.63. The minimum atomic E-state index is -3.63. The summed E-state index contributed by atoms with van der Waals surface area (Å²) in [5.74, 6) is 0.412. The highest BCUT2D eigenvalue weighted by Gasteiger charge is 2.42. The molecule has 0 saturated heterocycles. The van der Waals surface area contributed by atoms with Crippen molar-refractivity contribution in [3.63, 3.8) is 0 Å². The first-order valence-electron chi connectivity index (χ1n) is 9.95. The second-order valence-electron chi connectivity index (χ2n) is 7.46. The summed E-state index contributed by atoms with van der Waals surface area (Å²) in [5.41, 5.74) is 0.929. The van der Waals surface area contributed by atoms with Crippen LogP contribution in [0.15, 0.2) is 60.0 Å². The van der Waals surface area contributed by atoms with Crippen molar-refractivity contribution in [2.24, 2.45) is 0 Å². The summed E-state index contributed by atoms with van der Waals surface area (Å²) >= 11 is 0. The first-order valence-corrected chi connectivity index (χ1v) is 11.4. The van der Waals surface area contributed by atoms with Crippen LogP contribution in [0.2, 0.25) is 0 Å². The van der Waals surface area contributed by atoms with Gasteiger partial charge in [0, 0.05) is 36.7 Å². The maximum Gasteiger partial charge on any atom is 0.255 e. The molecule has 1 amide bonds. The minimum Gasteiger partial charge on any atom is -0.448 e. The Morgan fingerprint density at radius 3 is 2.43 bits per heavy atom. The highest BCUT2D eigenvalue weighted by atomic mass is 32.2. The number of fused-ring (bicyclic) bond motifs is 1. The molecule has 4 rings (SSSR count). The third-order valence-electron chi connectivity index (χ3n) is 5.25. The first-order chi connectivity index (χ1) is 14.4. The normalized spacial score (nSPS) is 16.9. The molecule has 0 radical (unpaired) electrons. The van der Waals surface area contributed by atoms with Crippen molar-refractivity contribution in [1.82, 2.24) is 4.72 Å². The van der Waals surface area contributed by atoms with Gasteiger partial charge in [0.15, 0.2) is 11.5 Å². The molecule has 2 aliphatic rings. The lowest BCUT2D eigenvalue weighted by molar-refractivity contribution is -0.105. The Kier molecular flexibility index (Phi) is 5.53. The second-order valence-corrected chi connectivity index (χ2v) is 9.22. The number of sulfonamides is 1. The molecule has 1 spiro atoms. The largest absolute Gasteiger partial charge is 0.448 e. The molecule has 8 heteroatoms. The van der Waals surface area contributed by atoms with Crippen LogP contribution in [0, 0.1) is 0 Å². The fourth-order valence-corrected chi connectivity index (χ4v) is 4.71. The average molecular weight is 429 g/mol. The number of anilines is 1. The van der Waals surface area contributed by atoms with Crippen molar-refractivity contribution < 1.29 is 22.7 Å². The molecule has 0 bridgehead atoms. The van der Waals surface area contributed by atoms with E-state index in [0.717, 1.165) is 25.7 Å². The molecular formula is C22H24N2O5S. The quantitative estimate of drug-likeness (QED) is 0.682. The lowest BCUT2D eigenvalue weighted by Gasteiger charge is -2.31. The summed E-state index contributed by atoms with van der Waals surface area (Å²) in [4.78, 5) is 12.7. The number of nitrogens with one attached hydrogen (secondary N) is 2. The molecule has 1 saturated carbocycles. The van der Waals surface area contributed by atoms with Gasteiger partial charge in [0.1, 0.15) is 0 Å². The number of benzene rings is 2. The smallest absolute Gasteiger partial charge is 0.255 e. The van der Waals surface area contributed by atoms with Gasteiger partial charge >= 0.3 is 0 Å². The lowest BCUT2D eigenvalue weighted by atomic mass is 9.94. The van der Waals surface area contributed by atoms with Crippen LogP contribution >= 0.6 is 0 Å². The maximum absolute atomic E-state index is 12.6. The SMILES string of the molecule is C=CCNS(=O)(=O)c1ccc(C(=O)Nc2ccc3c(c2)OC2(CCCCC2)O3)cc1. The van der Waals surface area contributed by atoms with Gasteiger partial charge in [-0.3, -0.25) is 4.79 Å². The molecule has 2 N–H and O–H groups in total. The molecule has 0 unspecified atom stereocenters. The molecule has 1 aliphatic heterocycles. The Hall–Kier alpha value is -2.84. The molecule has 1 heterocycles. The van der Waals surface area contributed by atoms with Gasteiger partial charge < -0.3 is 14.8 Å². The number of ether oxygens (including phenoxy) is 2. The van der Waals surface area contributed by atoms with E-state index in [1.165, 1.54) is 36.8 Å². The third kappa shape index (κ3) is 4.20. The van der Waals surface area contributed by atoms with E-state index in [2.05, 4.69) is 16.6 Å². The molecule has 0 atom stereocenters. The van der Waals surface area contributed by atoms with Crippen molar-refractivity contribution in [3.05, 3.63) is 60.7 Å².